The van der Waals surface area contributed by atoms with Crippen molar-refractivity contribution in [2.45, 2.75) is 56.8 Å². The highest BCUT2D eigenvalue weighted by atomic mass is 16.5. The van der Waals surface area contributed by atoms with E-state index in [0.29, 0.717) is 43.2 Å². The molecular weight excluding hydrogens is 466 g/mol. The molecule has 0 amide bonds. The van der Waals surface area contributed by atoms with Gasteiger partial charge in [-0.3, -0.25) is 0 Å². The molecule has 0 spiro atoms. The average Bonchev–Trinajstić information content (AvgIpc) is 3.49. The van der Waals surface area contributed by atoms with Gasteiger partial charge in [0.2, 0.25) is 5.95 Å². The molecule has 3 saturated heterocycles. The maximum atomic E-state index is 6.29. The molecule has 2 bridgehead atoms. The van der Waals surface area contributed by atoms with Crippen LogP contribution in [-0.4, -0.2) is 82.8 Å². The van der Waals surface area contributed by atoms with E-state index in [1.165, 1.54) is 24.8 Å². The Morgan fingerprint density at radius 1 is 0.973 bits per heavy atom. The number of likely N-dealkylation sites (tertiary alicyclic amines) is 1. The number of nitrogens with two attached hydrogens (primary N) is 1. The minimum absolute atomic E-state index is 0.295. The standard InChI is InChI=1S/C27H35N9O/c1-34-11-4-5-19(34)16-37-27-31-23-15-35(24-20-6-2-3-7-22(20)30-26(28)32-24)12-10-21(23)25(33-27)36-13-17-8-9-18(14-36)29-17/h2-3,6-7,17-19,29H,4-5,8-16H2,1H3,(H2,28,30,32)/t17-,18+,19?. The van der Waals surface area contributed by atoms with E-state index >= 15 is 0 Å². The van der Waals surface area contributed by atoms with Crippen molar-refractivity contribution in [3.05, 3.63) is 35.5 Å². The molecule has 7 rings (SSSR count). The number of hydrogen-bond donors (Lipinski definition) is 2. The Hall–Kier alpha value is -3.24. The van der Waals surface area contributed by atoms with Gasteiger partial charge in [0.05, 0.1) is 17.8 Å². The number of ether oxygens (including phenoxy) is 1. The quantitative estimate of drug-likeness (QED) is 0.539. The van der Waals surface area contributed by atoms with Crippen LogP contribution in [0.2, 0.25) is 0 Å². The second kappa shape index (κ2) is 9.25. The molecule has 1 aromatic carbocycles. The summed E-state index contributed by atoms with van der Waals surface area (Å²) in [5.41, 5.74) is 9.24. The van der Waals surface area contributed by atoms with Crippen molar-refractivity contribution in [2.75, 3.05) is 55.4 Å². The lowest BCUT2D eigenvalue weighted by Crippen LogP contribution is -2.52. The number of benzene rings is 1. The largest absolute Gasteiger partial charge is 0.462 e. The Kier molecular flexibility index (Phi) is 5.73. The van der Waals surface area contributed by atoms with E-state index < -0.39 is 0 Å². The number of nitrogen functional groups attached to an aromatic ring is 1. The van der Waals surface area contributed by atoms with Crippen molar-refractivity contribution in [3.63, 3.8) is 0 Å². The van der Waals surface area contributed by atoms with Crippen LogP contribution in [-0.2, 0) is 13.0 Å². The third-order valence-electron chi connectivity index (χ3n) is 8.52. The van der Waals surface area contributed by atoms with E-state index in [9.17, 15) is 0 Å². The van der Waals surface area contributed by atoms with Crippen molar-refractivity contribution < 1.29 is 4.74 Å². The molecular formula is C27H35N9O. The number of para-hydroxylation sites is 1. The van der Waals surface area contributed by atoms with Gasteiger partial charge in [0.1, 0.15) is 18.2 Å². The summed E-state index contributed by atoms with van der Waals surface area (Å²) in [6.07, 6.45) is 5.71. The first-order valence-electron chi connectivity index (χ1n) is 13.6. The van der Waals surface area contributed by atoms with Gasteiger partial charge >= 0.3 is 6.01 Å². The zero-order valence-electron chi connectivity index (χ0n) is 21.4. The van der Waals surface area contributed by atoms with Crippen LogP contribution in [0.5, 0.6) is 6.01 Å². The van der Waals surface area contributed by atoms with Crippen molar-refractivity contribution >= 4 is 28.5 Å². The number of nitrogens with one attached hydrogen (secondary N) is 1. The van der Waals surface area contributed by atoms with Crippen molar-refractivity contribution in [1.82, 2.24) is 30.2 Å². The highest BCUT2D eigenvalue weighted by Crippen LogP contribution is 2.35. The minimum atomic E-state index is 0.295. The van der Waals surface area contributed by atoms with Crippen LogP contribution in [0.3, 0.4) is 0 Å². The van der Waals surface area contributed by atoms with E-state index in [1.807, 2.05) is 18.2 Å². The first kappa shape index (κ1) is 22.9. The van der Waals surface area contributed by atoms with Crippen LogP contribution in [0.4, 0.5) is 17.6 Å². The number of aromatic nitrogens is 4. The summed E-state index contributed by atoms with van der Waals surface area (Å²) in [6.45, 7) is 5.19. The van der Waals surface area contributed by atoms with Gasteiger partial charge < -0.3 is 30.5 Å². The molecule has 37 heavy (non-hydrogen) atoms. The first-order chi connectivity index (χ1) is 18.1. The van der Waals surface area contributed by atoms with Crippen LogP contribution < -0.4 is 25.6 Å². The molecule has 0 saturated carbocycles. The van der Waals surface area contributed by atoms with Gasteiger partial charge in [-0.15, -0.1) is 0 Å². The molecule has 6 heterocycles. The Morgan fingerprint density at radius 2 is 1.81 bits per heavy atom. The molecule has 10 heteroatoms. The molecule has 3 fully saturated rings. The highest BCUT2D eigenvalue weighted by Gasteiger charge is 2.35. The maximum absolute atomic E-state index is 6.29. The Bertz CT molecular complexity index is 1300. The predicted molar refractivity (Wildman–Crippen MR) is 144 cm³/mol. The summed E-state index contributed by atoms with van der Waals surface area (Å²) in [7, 11) is 2.17. The lowest BCUT2D eigenvalue weighted by Gasteiger charge is -2.37. The zero-order valence-corrected chi connectivity index (χ0v) is 21.4. The van der Waals surface area contributed by atoms with Crippen molar-refractivity contribution in [2.24, 2.45) is 0 Å². The average molecular weight is 502 g/mol. The number of fused-ring (bicyclic) bond motifs is 4. The number of hydrogen-bond acceptors (Lipinski definition) is 10. The molecule has 4 aliphatic rings. The number of anilines is 3. The lowest BCUT2D eigenvalue weighted by atomic mass is 10.0. The smallest absolute Gasteiger partial charge is 0.318 e. The second-order valence-electron chi connectivity index (χ2n) is 11.0. The Balaban J connectivity index is 1.23. The van der Waals surface area contributed by atoms with Crippen LogP contribution in [0.25, 0.3) is 10.9 Å². The first-order valence-corrected chi connectivity index (χ1v) is 13.6. The summed E-state index contributed by atoms with van der Waals surface area (Å²) in [5.74, 6) is 2.22. The second-order valence-corrected chi connectivity index (χ2v) is 11.0. The fraction of sp³-hybridized carbons (Fsp3) is 0.556. The van der Waals surface area contributed by atoms with Crippen LogP contribution in [0.15, 0.2) is 24.3 Å². The van der Waals surface area contributed by atoms with E-state index in [0.717, 1.165) is 67.3 Å². The molecule has 1 unspecified atom stereocenters. The lowest BCUT2D eigenvalue weighted by molar-refractivity contribution is 0.187. The predicted octanol–water partition coefficient (Wildman–Crippen LogP) is 1.98. The fourth-order valence-corrected chi connectivity index (χ4v) is 6.54. The van der Waals surface area contributed by atoms with Crippen molar-refractivity contribution in [1.29, 1.82) is 0 Å². The van der Waals surface area contributed by atoms with E-state index in [2.05, 4.69) is 43.1 Å². The number of rotatable bonds is 5. The fourth-order valence-electron chi connectivity index (χ4n) is 6.54. The summed E-state index contributed by atoms with van der Waals surface area (Å²) in [4.78, 5) is 26.2. The third kappa shape index (κ3) is 4.31. The van der Waals surface area contributed by atoms with Crippen LogP contribution in [0, 0.1) is 0 Å². The number of likely N-dealkylation sites (N-methyl/N-ethyl adjacent to an activating group) is 1. The van der Waals surface area contributed by atoms with Crippen LogP contribution in [0.1, 0.15) is 36.9 Å². The molecule has 3 atom stereocenters. The molecule has 3 N–H and O–H groups in total. The monoisotopic (exact) mass is 501 g/mol. The topological polar surface area (TPSA) is 109 Å². The molecule has 10 nitrogen and oxygen atoms in total. The highest BCUT2D eigenvalue weighted by molar-refractivity contribution is 5.90. The normalized spacial score (nSPS) is 25.6. The molecule has 0 radical (unpaired) electrons. The Labute approximate surface area is 217 Å². The number of nitrogens with zero attached hydrogens (tertiary/aromatic N) is 7. The maximum Gasteiger partial charge on any atom is 0.318 e. The summed E-state index contributed by atoms with van der Waals surface area (Å²) in [6, 6.07) is 10.0. The molecule has 4 aliphatic heterocycles. The van der Waals surface area contributed by atoms with Crippen molar-refractivity contribution in [3.8, 4) is 6.01 Å². The van der Waals surface area contributed by atoms with Gasteiger partial charge in [-0.05, 0) is 57.8 Å². The third-order valence-corrected chi connectivity index (χ3v) is 8.52. The van der Waals surface area contributed by atoms with E-state index in [4.69, 9.17) is 20.4 Å². The van der Waals surface area contributed by atoms with Gasteiger partial charge in [-0.2, -0.15) is 15.0 Å². The van der Waals surface area contributed by atoms with E-state index in [-0.39, 0.29) is 0 Å². The van der Waals surface area contributed by atoms with Gasteiger partial charge in [0.15, 0.2) is 0 Å². The molecule has 194 valence electrons. The molecule has 2 aromatic heterocycles. The Morgan fingerprint density at radius 3 is 2.62 bits per heavy atom. The van der Waals surface area contributed by atoms with Gasteiger partial charge in [-0.25, -0.2) is 4.98 Å². The van der Waals surface area contributed by atoms with E-state index in [1.54, 1.807) is 0 Å². The summed E-state index contributed by atoms with van der Waals surface area (Å²) < 4.78 is 6.29. The molecule has 0 aliphatic carbocycles. The van der Waals surface area contributed by atoms with Gasteiger partial charge in [0.25, 0.3) is 0 Å². The molecule has 3 aromatic rings. The summed E-state index contributed by atoms with van der Waals surface area (Å²) in [5, 5.41) is 4.75. The minimum Gasteiger partial charge on any atom is -0.462 e. The van der Waals surface area contributed by atoms with Crippen LogP contribution >= 0.6 is 0 Å². The zero-order chi connectivity index (χ0) is 24.9. The SMILES string of the molecule is CN1CCCC1COc1nc2c(c(N3C[C@H]4CC[C@@H](C3)N4)n1)CCN(c1nc(N)nc3ccccc13)C2. The van der Waals surface area contributed by atoms with Gasteiger partial charge in [0, 0.05) is 48.7 Å². The van der Waals surface area contributed by atoms with Gasteiger partial charge in [-0.1, -0.05) is 12.1 Å². The number of piperazine rings is 1. The summed E-state index contributed by atoms with van der Waals surface area (Å²) >= 11 is 0.